The number of rotatable bonds is 0. The molecule has 0 saturated carbocycles. The maximum absolute atomic E-state index is 8.82. The van der Waals surface area contributed by atoms with Crippen LogP contribution in [0.1, 0.15) is 17.5 Å². The van der Waals surface area contributed by atoms with Crippen LogP contribution in [0.4, 0.5) is 0 Å². The van der Waals surface area contributed by atoms with E-state index in [2.05, 4.69) is 40.2 Å². The van der Waals surface area contributed by atoms with Crippen molar-refractivity contribution in [2.45, 2.75) is 19.3 Å². The highest BCUT2D eigenvalue weighted by molar-refractivity contribution is 9.10. The topological polar surface area (TPSA) is 23.8 Å². The van der Waals surface area contributed by atoms with Crippen molar-refractivity contribution in [2.24, 2.45) is 5.92 Å². The molecule has 0 fully saturated rings. The van der Waals surface area contributed by atoms with Gasteiger partial charge in [-0.25, -0.2) is 0 Å². The first-order chi connectivity index (χ1) is 6.29. The molecule has 1 aliphatic carbocycles. The van der Waals surface area contributed by atoms with Gasteiger partial charge in [0.25, 0.3) is 0 Å². The van der Waals surface area contributed by atoms with E-state index in [1.807, 2.05) is 0 Å². The SMILES string of the molecule is N#CC1CCc2ccc(Br)cc2C1. The molecule has 0 spiro atoms. The van der Waals surface area contributed by atoms with Gasteiger partial charge in [0, 0.05) is 4.47 Å². The maximum atomic E-state index is 8.82. The zero-order valence-corrected chi connectivity index (χ0v) is 8.84. The van der Waals surface area contributed by atoms with Gasteiger partial charge in [0.05, 0.1) is 12.0 Å². The Morgan fingerprint density at radius 2 is 2.23 bits per heavy atom. The number of nitrogens with zero attached hydrogens (tertiary/aromatic N) is 1. The standard InChI is InChI=1S/C11H10BrN/c12-11-4-3-9-2-1-8(7-13)5-10(9)6-11/h3-4,6,8H,1-2,5H2. The summed E-state index contributed by atoms with van der Waals surface area (Å²) in [4.78, 5) is 0. The summed E-state index contributed by atoms with van der Waals surface area (Å²) in [6, 6.07) is 8.72. The van der Waals surface area contributed by atoms with E-state index in [0.717, 1.165) is 23.7 Å². The molecule has 1 aliphatic rings. The van der Waals surface area contributed by atoms with Gasteiger partial charge in [-0.3, -0.25) is 0 Å². The van der Waals surface area contributed by atoms with Crippen molar-refractivity contribution in [3.63, 3.8) is 0 Å². The summed E-state index contributed by atoms with van der Waals surface area (Å²) in [5.74, 6) is 0.224. The lowest BCUT2D eigenvalue weighted by molar-refractivity contribution is 0.564. The Kier molecular flexibility index (Phi) is 2.37. The van der Waals surface area contributed by atoms with Crippen LogP contribution < -0.4 is 0 Å². The highest BCUT2D eigenvalue weighted by atomic mass is 79.9. The smallest absolute Gasteiger partial charge is 0.0659 e. The predicted molar refractivity (Wildman–Crippen MR) is 55.3 cm³/mol. The first-order valence-corrected chi connectivity index (χ1v) is 5.26. The zero-order valence-electron chi connectivity index (χ0n) is 7.26. The summed E-state index contributed by atoms with van der Waals surface area (Å²) in [6.07, 6.45) is 3.00. The molecule has 13 heavy (non-hydrogen) atoms. The number of aryl methyl sites for hydroxylation is 1. The monoisotopic (exact) mass is 235 g/mol. The molecule has 0 radical (unpaired) electrons. The molecule has 0 heterocycles. The number of fused-ring (bicyclic) bond motifs is 1. The number of nitriles is 1. The van der Waals surface area contributed by atoms with E-state index >= 15 is 0 Å². The summed E-state index contributed by atoms with van der Waals surface area (Å²) >= 11 is 3.45. The molecule has 2 heteroatoms. The van der Waals surface area contributed by atoms with E-state index in [1.54, 1.807) is 0 Å². The second-order valence-electron chi connectivity index (χ2n) is 3.48. The first-order valence-electron chi connectivity index (χ1n) is 4.46. The van der Waals surface area contributed by atoms with Crippen LogP contribution in [0.15, 0.2) is 22.7 Å². The van der Waals surface area contributed by atoms with Gasteiger partial charge in [0.15, 0.2) is 0 Å². The van der Waals surface area contributed by atoms with Crippen molar-refractivity contribution in [3.05, 3.63) is 33.8 Å². The fourth-order valence-electron chi connectivity index (χ4n) is 1.84. The Bertz CT molecular complexity index is 365. The number of hydrogen-bond acceptors (Lipinski definition) is 1. The van der Waals surface area contributed by atoms with Crippen LogP contribution in [0.2, 0.25) is 0 Å². The van der Waals surface area contributed by atoms with Gasteiger partial charge in [-0.2, -0.15) is 5.26 Å². The minimum atomic E-state index is 0.224. The average molecular weight is 236 g/mol. The molecule has 2 rings (SSSR count). The van der Waals surface area contributed by atoms with E-state index in [1.165, 1.54) is 11.1 Å². The molecular weight excluding hydrogens is 226 g/mol. The second kappa shape index (κ2) is 3.51. The third-order valence-corrected chi connectivity index (χ3v) is 3.07. The average Bonchev–Trinajstić information content (AvgIpc) is 2.16. The summed E-state index contributed by atoms with van der Waals surface area (Å²) < 4.78 is 1.12. The van der Waals surface area contributed by atoms with Gasteiger partial charge in [0.1, 0.15) is 0 Å². The number of hydrogen-bond donors (Lipinski definition) is 0. The van der Waals surface area contributed by atoms with Gasteiger partial charge in [-0.15, -0.1) is 0 Å². The van der Waals surface area contributed by atoms with Crippen molar-refractivity contribution in [1.29, 1.82) is 5.26 Å². The molecule has 66 valence electrons. The van der Waals surface area contributed by atoms with Gasteiger partial charge in [0.2, 0.25) is 0 Å². The lowest BCUT2D eigenvalue weighted by Crippen LogP contribution is -2.12. The van der Waals surface area contributed by atoms with Crippen LogP contribution >= 0.6 is 15.9 Å². The Labute approximate surface area is 86.5 Å². The second-order valence-corrected chi connectivity index (χ2v) is 4.40. The highest BCUT2D eigenvalue weighted by Gasteiger charge is 2.17. The fourth-order valence-corrected chi connectivity index (χ4v) is 2.24. The van der Waals surface area contributed by atoms with Crippen molar-refractivity contribution in [2.75, 3.05) is 0 Å². The lowest BCUT2D eigenvalue weighted by Gasteiger charge is -2.19. The quantitative estimate of drug-likeness (QED) is 0.679. The molecule has 0 saturated heterocycles. The third-order valence-electron chi connectivity index (χ3n) is 2.58. The molecule has 0 N–H and O–H groups in total. The zero-order chi connectivity index (χ0) is 9.26. The predicted octanol–water partition coefficient (Wildman–Crippen LogP) is 3.08. The first kappa shape index (κ1) is 8.77. The minimum Gasteiger partial charge on any atom is -0.198 e. The summed E-state index contributed by atoms with van der Waals surface area (Å²) in [5.41, 5.74) is 2.75. The largest absolute Gasteiger partial charge is 0.198 e. The summed E-state index contributed by atoms with van der Waals surface area (Å²) in [6.45, 7) is 0. The molecule has 0 aromatic heterocycles. The van der Waals surface area contributed by atoms with E-state index < -0.39 is 0 Å². The fraction of sp³-hybridized carbons (Fsp3) is 0.364. The van der Waals surface area contributed by atoms with Crippen LogP contribution in [-0.2, 0) is 12.8 Å². The summed E-state index contributed by atoms with van der Waals surface area (Å²) in [5, 5.41) is 8.82. The Balaban J connectivity index is 2.34. The molecule has 1 nitrogen and oxygen atoms in total. The van der Waals surface area contributed by atoms with Crippen molar-refractivity contribution in [3.8, 4) is 6.07 Å². The Morgan fingerprint density at radius 3 is 3.00 bits per heavy atom. The molecule has 1 aromatic carbocycles. The maximum Gasteiger partial charge on any atom is 0.0659 e. The number of halogens is 1. The van der Waals surface area contributed by atoms with Gasteiger partial charge in [-0.1, -0.05) is 22.0 Å². The van der Waals surface area contributed by atoms with Crippen LogP contribution in [0.25, 0.3) is 0 Å². The van der Waals surface area contributed by atoms with Crippen LogP contribution in [0.5, 0.6) is 0 Å². The summed E-state index contributed by atoms with van der Waals surface area (Å²) in [7, 11) is 0. The molecule has 1 atom stereocenters. The minimum absolute atomic E-state index is 0.224. The van der Waals surface area contributed by atoms with E-state index in [-0.39, 0.29) is 5.92 Å². The lowest BCUT2D eigenvalue weighted by atomic mass is 9.85. The molecule has 1 unspecified atom stereocenters. The van der Waals surface area contributed by atoms with Crippen molar-refractivity contribution in [1.82, 2.24) is 0 Å². The molecular formula is C11H10BrN. The normalized spacial score (nSPS) is 20.5. The van der Waals surface area contributed by atoms with E-state index in [9.17, 15) is 0 Å². The van der Waals surface area contributed by atoms with E-state index in [0.29, 0.717) is 0 Å². The van der Waals surface area contributed by atoms with Crippen LogP contribution in [-0.4, -0.2) is 0 Å². The third kappa shape index (κ3) is 1.76. The van der Waals surface area contributed by atoms with Crippen LogP contribution in [0, 0.1) is 17.2 Å². The van der Waals surface area contributed by atoms with Crippen molar-refractivity contribution < 1.29 is 0 Å². The highest BCUT2D eigenvalue weighted by Crippen LogP contribution is 2.27. The Hall–Kier alpha value is -0.810. The van der Waals surface area contributed by atoms with Crippen LogP contribution in [0.3, 0.4) is 0 Å². The molecule has 0 bridgehead atoms. The molecule has 0 amide bonds. The molecule has 1 aromatic rings. The van der Waals surface area contributed by atoms with Gasteiger partial charge in [-0.05, 0) is 42.5 Å². The molecule has 0 aliphatic heterocycles. The Morgan fingerprint density at radius 1 is 1.38 bits per heavy atom. The van der Waals surface area contributed by atoms with Crippen molar-refractivity contribution >= 4 is 15.9 Å². The van der Waals surface area contributed by atoms with Gasteiger partial charge < -0.3 is 0 Å². The van der Waals surface area contributed by atoms with Gasteiger partial charge >= 0.3 is 0 Å². The van der Waals surface area contributed by atoms with E-state index in [4.69, 9.17) is 5.26 Å². The number of benzene rings is 1.